The predicted molar refractivity (Wildman–Crippen MR) is 139 cm³/mol. The van der Waals surface area contributed by atoms with Crippen molar-refractivity contribution in [2.45, 2.75) is 14.7 Å². The third-order valence-electron chi connectivity index (χ3n) is 5.25. The van der Waals surface area contributed by atoms with Crippen molar-refractivity contribution in [3.63, 3.8) is 0 Å². The SMILES string of the molecule is O=S(=O)(O)c1ccccc1C=Cc1ccccc1S(=O)(=O)OS(=O)(=O)c1ccccc1-c1ccccc1. The predicted octanol–water partition coefficient (Wildman–Crippen LogP) is 4.86. The average Bonchev–Trinajstić information content (AvgIpc) is 2.87. The van der Waals surface area contributed by atoms with Gasteiger partial charge >= 0.3 is 20.2 Å². The summed E-state index contributed by atoms with van der Waals surface area (Å²) in [6.45, 7) is 0. The Kier molecular flexibility index (Phi) is 7.44. The fourth-order valence-corrected chi connectivity index (χ4v) is 7.20. The second-order valence-corrected chi connectivity index (χ2v) is 12.4. The van der Waals surface area contributed by atoms with E-state index in [4.69, 9.17) is 3.63 Å². The van der Waals surface area contributed by atoms with E-state index in [-0.39, 0.29) is 26.5 Å². The highest BCUT2D eigenvalue weighted by Crippen LogP contribution is 2.31. The molecule has 0 radical (unpaired) electrons. The fraction of sp³-hybridized carbons (Fsp3) is 0. The van der Waals surface area contributed by atoms with E-state index >= 15 is 0 Å². The molecule has 4 rings (SSSR count). The highest BCUT2D eigenvalue weighted by molar-refractivity contribution is 8.00. The summed E-state index contributed by atoms with van der Waals surface area (Å²) in [6.07, 6.45) is 2.57. The lowest BCUT2D eigenvalue weighted by molar-refractivity contribution is 0.461. The third-order valence-corrected chi connectivity index (χ3v) is 9.41. The molecule has 0 fully saturated rings. The molecule has 0 aliphatic rings. The summed E-state index contributed by atoms with van der Waals surface area (Å²) in [5, 5.41) is 0. The van der Waals surface area contributed by atoms with Gasteiger partial charge in [-0.05, 0) is 34.9 Å². The van der Waals surface area contributed by atoms with Gasteiger partial charge in [-0.25, -0.2) is 0 Å². The molecule has 0 spiro atoms. The second kappa shape index (κ2) is 10.4. The average molecular weight is 557 g/mol. The number of rotatable bonds is 8. The van der Waals surface area contributed by atoms with E-state index in [0.717, 1.165) is 0 Å². The molecule has 37 heavy (non-hydrogen) atoms. The van der Waals surface area contributed by atoms with Crippen LogP contribution in [0.25, 0.3) is 23.3 Å². The van der Waals surface area contributed by atoms with Crippen molar-refractivity contribution < 1.29 is 33.4 Å². The van der Waals surface area contributed by atoms with Crippen LogP contribution < -0.4 is 0 Å². The Balaban J connectivity index is 1.72. The normalized spacial score (nSPS) is 12.6. The van der Waals surface area contributed by atoms with Gasteiger partial charge in [-0.3, -0.25) is 4.55 Å². The van der Waals surface area contributed by atoms with Crippen LogP contribution in [0.1, 0.15) is 11.1 Å². The molecule has 0 unspecified atom stereocenters. The van der Waals surface area contributed by atoms with Gasteiger partial charge in [-0.15, -0.1) is 3.63 Å². The van der Waals surface area contributed by atoms with Gasteiger partial charge in [0, 0.05) is 5.56 Å². The molecule has 0 saturated carbocycles. The summed E-state index contributed by atoms with van der Waals surface area (Å²) in [5.74, 6) is 0. The first kappa shape index (κ1) is 26.5. The zero-order valence-electron chi connectivity index (χ0n) is 19.0. The second-order valence-electron chi connectivity index (χ2n) is 7.72. The summed E-state index contributed by atoms with van der Waals surface area (Å²) in [4.78, 5) is -1.14. The first-order chi connectivity index (χ1) is 17.5. The summed E-state index contributed by atoms with van der Waals surface area (Å²) in [7, 11) is -14.2. The Morgan fingerprint density at radius 2 is 0.946 bits per heavy atom. The lowest BCUT2D eigenvalue weighted by Crippen LogP contribution is -2.16. The van der Waals surface area contributed by atoms with Crippen LogP contribution in [-0.2, 0) is 34.0 Å². The Hall–Kier alpha value is -3.61. The maximum absolute atomic E-state index is 13.2. The van der Waals surface area contributed by atoms with E-state index in [1.54, 1.807) is 42.5 Å². The van der Waals surface area contributed by atoms with Gasteiger partial charge in [0.2, 0.25) is 0 Å². The maximum atomic E-state index is 13.2. The monoisotopic (exact) mass is 556 g/mol. The van der Waals surface area contributed by atoms with Gasteiger partial charge in [0.25, 0.3) is 10.1 Å². The van der Waals surface area contributed by atoms with E-state index in [0.29, 0.717) is 5.56 Å². The molecule has 4 aromatic carbocycles. The summed E-state index contributed by atoms with van der Waals surface area (Å²) in [5.41, 5.74) is 0.971. The standard InChI is InChI=1S/C26H20O8S3/c27-35(28,29)24-15-7-4-12-21(24)18-19-22-13-5-8-16-25(22)36(30,31)34-37(32,33)26-17-9-6-14-23(26)20-10-2-1-3-11-20/h1-19H,(H,27,28,29). The molecule has 0 amide bonds. The highest BCUT2D eigenvalue weighted by Gasteiger charge is 2.30. The van der Waals surface area contributed by atoms with Crippen LogP contribution in [0.4, 0.5) is 0 Å². The van der Waals surface area contributed by atoms with Crippen LogP contribution >= 0.6 is 0 Å². The van der Waals surface area contributed by atoms with Gasteiger partial charge in [0.15, 0.2) is 0 Å². The molecule has 0 aliphatic heterocycles. The molecule has 0 bridgehead atoms. The first-order valence-corrected chi connectivity index (χ1v) is 14.9. The zero-order chi connectivity index (χ0) is 26.7. The van der Waals surface area contributed by atoms with Crippen molar-refractivity contribution in [3.8, 4) is 11.1 Å². The van der Waals surface area contributed by atoms with E-state index in [2.05, 4.69) is 0 Å². The summed E-state index contributed by atoms with van der Waals surface area (Å²) >= 11 is 0. The summed E-state index contributed by atoms with van der Waals surface area (Å²) < 4.78 is 90.2. The van der Waals surface area contributed by atoms with Crippen molar-refractivity contribution in [2.75, 3.05) is 0 Å². The molecule has 0 atom stereocenters. The molecule has 0 aromatic heterocycles. The van der Waals surface area contributed by atoms with Gasteiger partial charge in [-0.1, -0.05) is 97.1 Å². The van der Waals surface area contributed by atoms with Crippen molar-refractivity contribution in [1.29, 1.82) is 0 Å². The molecule has 1 N–H and O–H groups in total. The van der Waals surface area contributed by atoms with Crippen molar-refractivity contribution in [1.82, 2.24) is 0 Å². The highest BCUT2D eigenvalue weighted by atomic mass is 32.3. The lowest BCUT2D eigenvalue weighted by atomic mass is 10.1. The van der Waals surface area contributed by atoms with Gasteiger partial charge in [-0.2, -0.15) is 25.3 Å². The van der Waals surface area contributed by atoms with Crippen molar-refractivity contribution >= 4 is 42.5 Å². The number of hydrogen-bond donors (Lipinski definition) is 1. The van der Waals surface area contributed by atoms with E-state index in [1.165, 1.54) is 72.8 Å². The fourth-order valence-electron chi connectivity index (χ4n) is 3.61. The van der Waals surface area contributed by atoms with E-state index in [9.17, 15) is 29.8 Å². The Morgan fingerprint density at radius 3 is 1.54 bits per heavy atom. The molecule has 8 nitrogen and oxygen atoms in total. The molecule has 0 saturated heterocycles. The van der Waals surface area contributed by atoms with Gasteiger partial charge < -0.3 is 0 Å². The number of hydrogen-bond acceptors (Lipinski definition) is 7. The zero-order valence-corrected chi connectivity index (χ0v) is 21.4. The van der Waals surface area contributed by atoms with Crippen LogP contribution in [-0.4, -0.2) is 29.8 Å². The van der Waals surface area contributed by atoms with E-state index < -0.39 is 35.2 Å². The van der Waals surface area contributed by atoms with Gasteiger partial charge in [0.05, 0.1) is 0 Å². The van der Waals surface area contributed by atoms with Crippen molar-refractivity contribution in [3.05, 3.63) is 114 Å². The van der Waals surface area contributed by atoms with Crippen LogP contribution in [0.3, 0.4) is 0 Å². The quantitative estimate of drug-likeness (QED) is 0.240. The topological polar surface area (TPSA) is 132 Å². The minimum atomic E-state index is -4.85. The molecule has 0 heterocycles. The van der Waals surface area contributed by atoms with Crippen LogP contribution in [0, 0.1) is 0 Å². The third kappa shape index (κ3) is 6.04. The lowest BCUT2D eigenvalue weighted by Gasteiger charge is -2.12. The molecule has 0 aliphatic carbocycles. The minimum Gasteiger partial charge on any atom is -0.282 e. The first-order valence-electron chi connectivity index (χ1n) is 10.7. The molecule has 4 aromatic rings. The van der Waals surface area contributed by atoms with Crippen LogP contribution in [0.5, 0.6) is 0 Å². The van der Waals surface area contributed by atoms with Gasteiger partial charge in [0.1, 0.15) is 14.7 Å². The molecule has 11 heteroatoms. The molecular weight excluding hydrogens is 536 g/mol. The smallest absolute Gasteiger partial charge is 0.282 e. The molecular formula is C26H20O8S3. The Morgan fingerprint density at radius 1 is 0.514 bits per heavy atom. The maximum Gasteiger partial charge on any atom is 0.312 e. The Bertz CT molecular complexity index is 1790. The summed E-state index contributed by atoms with van der Waals surface area (Å²) in [6, 6.07) is 25.5. The van der Waals surface area contributed by atoms with E-state index in [1.807, 2.05) is 0 Å². The van der Waals surface area contributed by atoms with Crippen LogP contribution in [0.15, 0.2) is 118 Å². The molecule has 190 valence electrons. The Labute approximate surface area is 215 Å². The number of benzene rings is 4. The van der Waals surface area contributed by atoms with Crippen LogP contribution in [0.2, 0.25) is 0 Å². The largest absolute Gasteiger partial charge is 0.312 e. The minimum absolute atomic E-state index is 0.0409. The van der Waals surface area contributed by atoms with Crippen molar-refractivity contribution in [2.24, 2.45) is 0 Å².